The number of nitrogens with one attached hydrogen (secondary N) is 1. The van der Waals surface area contributed by atoms with Gasteiger partial charge in [0, 0.05) is 17.8 Å². The van der Waals surface area contributed by atoms with E-state index in [4.69, 9.17) is 5.26 Å². The lowest BCUT2D eigenvalue weighted by molar-refractivity contribution is 0.663. The van der Waals surface area contributed by atoms with Crippen LogP contribution in [0.15, 0.2) is 30.6 Å². The zero-order valence-electron chi connectivity index (χ0n) is 11.3. The summed E-state index contributed by atoms with van der Waals surface area (Å²) >= 11 is 0. The second-order valence-corrected chi connectivity index (χ2v) is 5.02. The van der Waals surface area contributed by atoms with Gasteiger partial charge in [-0.1, -0.05) is 12.1 Å². The number of benzene rings is 1. The number of hydrogen-bond donors (Lipinski definition) is 1. The predicted molar refractivity (Wildman–Crippen MR) is 77.2 cm³/mol. The largest absolute Gasteiger partial charge is 0.366 e. The van der Waals surface area contributed by atoms with Crippen LogP contribution in [-0.2, 0) is 19.4 Å². The lowest BCUT2D eigenvalue weighted by Gasteiger charge is -2.18. The molecule has 0 aliphatic heterocycles. The highest BCUT2D eigenvalue weighted by atomic mass is 15.0. The van der Waals surface area contributed by atoms with E-state index in [0.29, 0.717) is 12.1 Å². The number of nitrogens with zero attached hydrogens (tertiary/aromatic N) is 3. The second kappa shape index (κ2) is 5.70. The molecule has 2 aromatic rings. The van der Waals surface area contributed by atoms with Crippen LogP contribution in [-0.4, -0.2) is 9.97 Å². The molecular formula is C16H16N4. The molecule has 0 spiro atoms. The highest BCUT2D eigenvalue weighted by Gasteiger charge is 2.14. The molecule has 100 valence electrons. The fourth-order valence-corrected chi connectivity index (χ4v) is 2.61. The third-order valence-electron chi connectivity index (χ3n) is 3.64. The van der Waals surface area contributed by atoms with Gasteiger partial charge in [-0.2, -0.15) is 5.26 Å². The van der Waals surface area contributed by atoms with Crippen molar-refractivity contribution in [1.82, 2.24) is 9.97 Å². The zero-order valence-corrected chi connectivity index (χ0v) is 11.3. The van der Waals surface area contributed by atoms with Crippen molar-refractivity contribution in [3.63, 3.8) is 0 Å². The Morgan fingerprint density at radius 2 is 2.10 bits per heavy atom. The molecular weight excluding hydrogens is 248 g/mol. The molecule has 1 heterocycles. The summed E-state index contributed by atoms with van der Waals surface area (Å²) in [4.78, 5) is 8.73. The molecule has 1 N–H and O–H groups in total. The first-order chi connectivity index (χ1) is 9.86. The number of anilines is 1. The molecule has 0 bridgehead atoms. The number of hydrogen-bond acceptors (Lipinski definition) is 4. The molecule has 0 fully saturated rings. The molecule has 0 amide bonds. The van der Waals surface area contributed by atoms with Crippen molar-refractivity contribution < 1.29 is 0 Å². The average Bonchev–Trinajstić information content (AvgIpc) is 2.53. The van der Waals surface area contributed by atoms with Gasteiger partial charge in [0.25, 0.3) is 0 Å². The first-order valence-electron chi connectivity index (χ1n) is 6.92. The summed E-state index contributed by atoms with van der Waals surface area (Å²) in [6, 6.07) is 9.80. The van der Waals surface area contributed by atoms with E-state index in [-0.39, 0.29) is 0 Å². The summed E-state index contributed by atoms with van der Waals surface area (Å²) < 4.78 is 0. The standard InChI is InChI=1S/C16H16N4/c17-9-12-4-3-5-13(8-12)10-18-16-14-6-1-2-7-15(14)19-11-20-16/h3-5,8,11H,1-2,6-7,10H2,(H,18,19,20). The van der Waals surface area contributed by atoms with Crippen molar-refractivity contribution in [3.8, 4) is 6.07 Å². The van der Waals surface area contributed by atoms with Crippen molar-refractivity contribution in [2.45, 2.75) is 32.2 Å². The first-order valence-corrected chi connectivity index (χ1v) is 6.92. The van der Waals surface area contributed by atoms with E-state index in [1.54, 1.807) is 6.33 Å². The van der Waals surface area contributed by atoms with Gasteiger partial charge in [-0.05, 0) is 43.4 Å². The molecule has 3 rings (SSSR count). The molecule has 1 aromatic carbocycles. The zero-order chi connectivity index (χ0) is 13.8. The smallest absolute Gasteiger partial charge is 0.133 e. The Morgan fingerprint density at radius 1 is 1.20 bits per heavy atom. The molecule has 0 saturated carbocycles. The molecule has 4 heteroatoms. The van der Waals surface area contributed by atoms with Gasteiger partial charge in [0.2, 0.25) is 0 Å². The Balaban J connectivity index is 1.77. The first kappa shape index (κ1) is 12.6. The Labute approximate surface area is 118 Å². The number of aryl methyl sites for hydroxylation is 1. The van der Waals surface area contributed by atoms with E-state index in [1.807, 2.05) is 24.3 Å². The van der Waals surface area contributed by atoms with Crippen LogP contribution >= 0.6 is 0 Å². The minimum atomic E-state index is 0.680. The average molecular weight is 264 g/mol. The SMILES string of the molecule is N#Cc1cccc(CNc2ncnc3c2CCCC3)c1. The Bertz CT molecular complexity index is 658. The molecule has 1 aromatic heterocycles. The van der Waals surface area contributed by atoms with Crippen molar-refractivity contribution in [2.24, 2.45) is 0 Å². The van der Waals surface area contributed by atoms with E-state index in [1.165, 1.54) is 24.1 Å². The lowest BCUT2D eigenvalue weighted by Crippen LogP contribution is -2.12. The summed E-state index contributed by atoms with van der Waals surface area (Å²) in [6.07, 6.45) is 6.16. The maximum atomic E-state index is 8.91. The van der Waals surface area contributed by atoms with Crippen LogP contribution in [0.5, 0.6) is 0 Å². The summed E-state index contributed by atoms with van der Waals surface area (Å²) in [5, 5.41) is 12.3. The maximum Gasteiger partial charge on any atom is 0.133 e. The van der Waals surface area contributed by atoms with Gasteiger partial charge in [0.1, 0.15) is 12.1 Å². The van der Waals surface area contributed by atoms with Crippen LogP contribution in [0, 0.1) is 11.3 Å². The molecule has 0 radical (unpaired) electrons. The number of rotatable bonds is 3. The summed E-state index contributed by atoms with van der Waals surface area (Å²) in [5.74, 6) is 0.942. The predicted octanol–water partition coefficient (Wildman–Crippen LogP) is 2.84. The molecule has 1 aliphatic rings. The summed E-state index contributed by atoms with van der Waals surface area (Å²) in [5.41, 5.74) is 4.22. The van der Waals surface area contributed by atoms with E-state index < -0.39 is 0 Å². The topological polar surface area (TPSA) is 61.6 Å². The highest BCUT2D eigenvalue weighted by Crippen LogP contribution is 2.24. The quantitative estimate of drug-likeness (QED) is 0.926. The lowest BCUT2D eigenvalue weighted by atomic mass is 9.96. The van der Waals surface area contributed by atoms with Gasteiger partial charge < -0.3 is 5.32 Å². The minimum Gasteiger partial charge on any atom is -0.366 e. The van der Waals surface area contributed by atoms with E-state index in [0.717, 1.165) is 24.2 Å². The second-order valence-electron chi connectivity index (χ2n) is 5.02. The Hall–Kier alpha value is -2.41. The maximum absolute atomic E-state index is 8.91. The third-order valence-corrected chi connectivity index (χ3v) is 3.64. The van der Waals surface area contributed by atoms with Gasteiger partial charge in [-0.3, -0.25) is 0 Å². The molecule has 1 aliphatic carbocycles. The van der Waals surface area contributed by atoms with Crippen molar-refractivity contribution in [2.75, 3.05) is 5.32 Å². The molecule has 4 nitrogen and oxygen atoms in total. The van der Waals surface area contributed by atoms with Crippen LogP contribution < -0.4 is 5.32 Å². The monoisotopic (exact) mass is 264 g/mol. The molecule has 20 heavy (non-hydrogen) atoms. The Morgan fingerprint density at radius 3 is 3.00 bits per heavy atom. The molecule has 0 unspecified atom stereocenters. The summed E-state index contributed by atoms with van der Waals surface area (Å²) in [7, 11) is 0. The summed E-state index contributed by atoms with van der Waals surface area (Å²) in [6.45, 7) is 0.680. The van der Waals surface area contributed by atoms with Crippen molar-refractivity contribution in [3.05, 3.63) is 53.0 Å². The molecule has 0 atom stereocenters. The van der Waals surface area contributed by atoms with Crippen LogP contribution in [0.1, 0.15) is 35.2 Å². The van der Waals surface area contributed by atoms with Gasteiger partial charge in [0.05, 0.1) is 11.6 Å². The minimum absolute atomic E-state index is 0.680. The fourth-order valence-electron chi connectivity index (χ4n) is 2.61. The third kappa shape index (κ3) is 2.62. The normalized spacial score (nSPS) is 13.3. The number of fused-ring (bicyclic) bond motifs is 1. The van der Waals surface area contributed by atoms with Crippen LogP contribution in [0.3, 0.4) is 0 Å². The van der Waals surface area contributed by atoms with Gasteiger partial charge >= 0.3 is 0 Å². The number of aromatic nitrogens is 2. The van der Waals surface area contributed by atoms with Gasteiger partial charge in [-0.25, -0.2) is 9.97 Å². The number of nitriles is 1. The fraction of sp³-hybridized carbons (Fsp3) is 0.312. The highest BCUT2D eigenvalue weighted by molar-refractivity contribution is 5.47. The molecule has 0 saturated heterocycles. The van der Waals surface area contributed by atoms with Gasteiger partial charge in [0.15, 0.2) is 0 Å². The van der Waals surface area contributed by atoms with E-state index in [9.17, 15) is 0 Å². The van der Waals surface area contributed by atoms with E-state index in [2.05, 4.69) is 21.4 Å². The van der Waals surface area contributed by atoms with Crippen molar-refractivity contribution in [1.29, 1.82) is 5.26 Å². The van der Waals surface area contributed by atoms with Crippen molar-refractivity contribution >= 4 is 5.82 Å². The van der Waals surface area contributed by atoms with Crippen LogP contribution in [0.25, 0.3) is 0 Å². The van der Waals surface area contributed by atoms with E-state index >= 15 is 0 Å². The van der Waals surface area contributed by atoms with Gasteiger partial charge in [-0.15, -0.1) is 0 Å². The van der Waals surface area contributed by atoms with Crippen LogP contribution in [0.2, 0.25) is 0 Å². The Kier molecular flexibility index (Phi) is 3.60. The van der Waals surface area contributed by atoms with Crippen LogP contribution in [0.4, 0.5) is 5.82 Å².